The Balaban J connectivity index is 1.50. The van der Waals surface area contributed by atoms with E-state index in [-0.39, 0.29) is 5.91 Å². The van der Waals surface area contributed by atoms with Gasteiger partial charge in [0.05, 0.1) is 11.0 Å². The molecule has 8 nitrogen and oxygen atoms in total. The van der Waals surface area contributed by atoms with Gasteiger partial charge in [0.15, 0.2) is 0 Å². The summed E-state index contributed by atoms with van der Waals surface area (Å²) < 4.78 is 8.06. The molecule has 34 heavy (non-hydrogen) atoms. The van der Waals surface area contributed by atoms with E-state index in [4.69, 9.17) is 9.72 Å². The van der Waals surface area contributed by atoms with Gasteiger partial charge in [0, 0.05) is 57.6 Å². The standard InChI is InChI=1S/C26H30N6O2/c1-27-26(33)23-16-21(11-12-29-23)34-20-9-10-24-22(15-20)30-25(32(24)4)19-7-5-18(6-8-19)17-28-13-14-31(2)3/h5-12,15-16,28H,13-14,17H2,1-4H3,(H,27,33). The fourth-order valence-corrected chi connectivity index (χ4v) is 3.67. The number of pyridine rings is 1. The van der Waals surface area contributed by atoms with Gasteiger partial charge in [0.1, 0.15) is 23.0 Å². The van der Waals surface area contributed by atoms with E-state index in [0.29, 0.717) is 17.2 Å². The number of fused-ring (bicyclic) bond motifs is 1. The topological polar surface area (TPSA) is 84.3 Å². The molecule has 0 aliphatic carbocycles. The summed E-state index contributed by atoms with van der Waals surface area (Å²) >= 11 is 0. The smallest absolute Gasteiger partial charge is 0.269 e. The predicted octanol–water partition coefficient (Wildman–Crippen LogP) is 3.44. The highest BCUT2D eigenvalue weighted by Crippen LogP contribution is 2.29. The molecule has 2 N–H and O–H groups in total. The number of imidazole rings is 1. The van der Waals surface area contributed by atoms with Gasteiger partial charge >= 0.3 is 0 Å². The quantitative estimate of drug-likeness (QED) is 0.374. The van der Waals surface area contributed by atoms with Crippen LogP contribution < -0.4 is 15.4 Å². The number of hydrogen-bond donors (Lipinski definition) is 2. The Morgan fingerprint density at radius 1 is 1.06 bits per heavy atom. The number of benzene rings is 2. The second-order valence-electron chi connectivity index (χ2n) is 8.38. The van der Waals surface area contributed by atoms with Gasteiger partial charge in [-0.15, -0.1) is 0 Å². The summed E-state index contributed by atoms with van der Waals surface area (Å²) in [6.07, 6.45) is 1.55. The number of aromatic nitrogens is 3. The number of nitrogens with one attached hydrogen (secondary N) is 2. The first kappa shape index (κ1) is 23.4. The van der Waals surface area contributed by atoms with Gasteiger partial charge < -0.3 is 24.8 Å². The highest BCUT2D eigenvalue weighted by molar-refractivity contribution is 5.92. The second-order valence-corrected chi connectivity index (χ2v) is 8.38. The molecular formula is C26H30N6O2. The van der Waals surface area contributed by atoms with E-state index >= 15 is 0 Å². The van der Waals surface area contributed by atoms with Crippen LogP contribution in [0.3, 0.4) is 0 Å². The zero-order chi connectivity index (χ0) is 24.1. The van der Waals surface area contributed by atoms with Gasteiger partial charge in [-0.1, -0.05) is 24.3 Å². The van der Waals surface area contributed by atoms with Crippen LogP contribution in [0.2, 0.25) is 0 Å². The molecule has 2 aromatic heterocycles. The molecule has 8 heteroatoms. The van der Waals surface area contributed by atoms with Crippen LogP contribution in [-0.2, 0) is 13.6 Å². The number of rotatable bonds is 9. The van der Waals surface area contributed by atoms with Crippen molar-refractivity contribution in [2.75, 3.05) is 34.2 Å². The van der Waals surface area contributed by atoms with Crippen molar-refractivity contribution in [3.63, 3.8) is 0 Å². The molecule has 0 aliphatic rings. The van der Waals surface area contributed by atoms with Crippen LogP contribution in [0.15, 0.2) is 60.8 Å². The summed E-state index contributed by atoms with van der Waals surface area (Å²) in [4.78, 5) is 22.9. The molecule has 4 aromatic rings. The largest absolute Gasteiger partial charge is 0.457 e. The highest BCUT2D eigenvalue weighted by atomic mass is 16.5. The van der Waals surface area contributed by atoms with Crippen molar-refractivity contribution in [3.8, 4) is 22.9 Å². The zero-order valence-corrected chi connectivity index (χ0v) is 20.0. The van der Waals surface area contributed by atoms with Crippen LogP contribution in [0.1, 0.15) is 16.1 Å². The molecule has 0 aliphatic heterocycles. The number of aryl methyl sites for hydroxylation is 1. The average molecular weight is 459 g/mol. The minimum absolute atomic E-state index is 0.259. The normalized spacial score (nSPS) is 11.2. The van der Waals surface area contributed by atoms with Gasteiger partial charge in [-0.05, 0) is 37.9 Å². The fraction of sp³-hybridized carbons (Fsp3) is 0.269. The van der Waals surface area contributed by atoms with Gasteiger partial charge in [-0.2, -0.15) is 0 Å². The van der Waals surface area contributed by atoms with E-state index in [1.165, 1.54) is 5.56 Å². The monoisotopic (exact) mass is 458 g/mol. The minimum Gasteiger partial charge on any atom is -0.457 e. The molecule has 0 unspecified atom stereocenters. The van der Waals surface area contributed by atoms with Crippen LogP contribution in [-0.4, -0.2) is 59.6 Å². The average Bonchev–Trinajstić information content (AvgIpc) is 3.17. The number of likely N-dealkylation sites (N-methyl/N-ethyl adjacent to an activating group) is 1. The maximum atomic E-state index is 11.8. The molecule has 0 saturated carbocycles. The molecule has 2 heterocycles. The van der Waals surface area contributed by atoms with E-state index < -0.39 is 0 Å². The van der Waals surface area contributed by atoms with Gasteiger partial charge in [0.25, 0.3) is 5.91 Å². The molecule has 1 amide bonds. The molecular weight excluding hydrogens is 428 g/mol. The van der Waals surface area contributed by atoms with E-state index in [0.717, 1.165) is 42.1 Å². The number of ether oxygens (including phenoxy) is 1. The molecule has 4 rings (SSSR count). The highest BCUT2D eigenvalue weighted by Gasteiger charge is 2.12. The third-order valence-corrected chi connectivity index (χ3v) is 5.56. The summed E-state index contributed by atoms with van der Waals surface area (Å²) in [7, 11) is 7.73. The Labute approximate surface area is 199 Å². The van der Waals surface area contributed by atoms with Crippen molar-refractivity contribution in [2.24, 2.45) is 7.05 Å². The lowest BCUT2D eigenvalue weighted by Gasteiger charge is -2.10. The summed E-state index contributed by atoms with van der Waals surface area (Å²) in [5, 5.41) is 6.03. The van der Waals surface area contributed by atoms with Crippen molar-refractivity contribution >= 4 is 16.9 Å². The number of nitrogens with zero attached hydrogens (tertiary/aromatic N) is 4. The lowest BCUT2D eigenvalue weighted by atomic mass is 10.1. The van der Waals surface area contributed by atoms with Crippen LogP contribution in [0.25, 0.3) is 22.4 Å². The van der Waals surface area contributed by atoms with Crippen LogP contribution in [0.4, 0.5) is 0 Å². The van der Waals surface area contributed by atoms with Gasteiger partial charge in [-0.3, -0.25) is 9.78 Å². The Kier molecular flexibility index (Phi) is 7.20. The first-order chi connectivity index (χ1) is 16.4. The lowest BCUT2D eigenvalue weighted by Crippen LogP contribution is -2.26. The molecule has 0 radical (unpaired) electrons. The number of carbonyl (C=O) groups excluding carboxylic acids is 1. The van der Waals surface area contributed by atoms with E-state index in [1.54, 1.807) is 25.4 Å². The summed E-state index contributed by atoms with van der Waals surface area (Å²) in [6.45, 7) is 2.81. The number of hydrogen-bond acceptors (Lipinski definition) is 6. The summed E-state index contributed by atoms with van der Waals surface area (Å²) in [5.41, 5.74) is 4.45. The van der Waals surface area contributed by atoms with E-state index in [2.05, 4.69) is 63.4 Å². The molecule has 0 saturated heterocycles. The molecule has 0 spiro atoms. The maximum absolute atomic E-state index is 11.8. The molecule has 176 valence electrons. The third kappa shape index (κ3) is 5.41. The Hall–Kier alpha value is -3.75. The number of carbonyl (C=O) groups is 1. The summed E-state index contributed by atoms with van der Waals surface area (Å²) in [6, 6.07) is 17.6. The van der Waals surface area contributed by atoms with Crippen molar-refractivity contribution in [1.82, 2.24) is 30.1 Å². The molecule has 0 atom stereocenters. The second kappa shape index (κ2) is 10.5. The lowest BCUT2D eigenvalue weighted by molar-refractivity contribution is 0.0958. The SMILES string of the molecule is CNC(=O)c1cc(Oc2ccc3c(c2)nc(-c2ccc(CNCCN(C)C)cc2)n3C)ccn1. The van der Waals surface area contributed by atoms with E-state index in [9.17, 15) is 4.79 Å². The van der Waals surface area contributed by atoms with Crippen molar-refractivity contribution in [3.05, 3.63) is 72.1 Å². The van der Waals surface area contributed by atoms with Crippen LogP contribution in [0, 0.1) is 0 Å². The Morgan fingerprint density at radius 2 is 1.82 bits per heavy atom. The molecule has 0 fully saturated rings. The zero-order valence-electron chi connectivity index (χ0n) is 20.0. The maximum Gasteiger partial charge on any atom is 0.269 e. The Bertz CT molecular complexity index is 1280. The predicted molar refractivity (Wildman–Crippen MR) is 134 cm³/mol. The first-order valence-corrected chi connectivity index (χ1v) is 11.2. The Morgan fingerprint density at radius 3 is 2.56 bits per heavy atom. The van der Waals surface area contributed by atoms with Crippen molar-refractivity contribution < 1.29 is 9.53 Å². The molecule has 0 bridgehead atoms. The van der Waals surface area contributed by atoms with Crippen molar-refractivity contribution in [1.29, 1.82) is 0 Å². The summed E-state index contributed by atoms with van der Waals surface area (Å²) in [5.74, 6) is 1.82. The van der Waals surface area contributed by atoms with Crippen LogP contribution >= 0.6 is 0 Å². The van der Waals surface area contributed by atoms with E-state index in [1.807, 2.05) is 25.2 Å². The third-order valence-electron chi connectivity index (χ3n) is 5.56. The van der Waals surface area contributed by atoms with Gasteiger partial charge in [-0.25, -0.2) is 4.98 Å². The first-order valence-electron chi connectivity index (χ1n) is 11.2. The minimum atomic E-state index is -0.259. The number of amides is 1. The molecule has 2 aromatic carbocycles. The van der Waals surface area contributed by atoms with Crippen LogP contribution in [0.5, 0.6) is 11.5 Å². The van der Waals surface area contributed by atoms with Crippen molar-refractivity contribution in [2.45, 2.75) is 6.54 Å². The van der Waals surface area contributed by atoms with Gasteiger partial charge in [0.2, 0.25) is 0 Å². The fourth-order valence-electron chi connectivity index (χ4n) is 3.67.